The van der Waals surface area contributed by atoms with Crippen LogP contribution in [-0.2, 0) is 38.1 Å². The summed E-state index contributed by atoms with van der Waals surface area (Å²) in [5, 5.41) is 26.7. The third-order valence-electron chi connectivity index (χ3n) is 14.6. The number of esters is 2. The van der Waals surface area contributed by atoms with Crippen LogP contribution in [0.3, 0.4) is 0 Å². The Bertz CT molecular complexity index is 1650. The second-order valence-electron chi connectivity index (χ2n) is 16.3. The van der Waals surface area contributed by atoms with Crippen molar-refractivity contribution in [3.63, 3.8) is 0 Å². The van der Waals surface area contributed by atoms with E-state index in [4.69, 9.17) is 23.7 Å². The molecule has 278 valence electrons. The lowest BCUT2D eigenvalue weighted by Gasteiger charge is -2.70. The van der Waals surface area contributed by atoms with Gasteiger partial charge in [-0.25, -0.2) is 9.69 Å². The van der Waals surface area contributed by atoms with Crippen molar-refractivity contribution in [3.05, 3.63) is 29.8 Å². The smallest absolute Gasteiger partial charge is 0.340 e. The van der Waals surface area contributed by atoms with Gasteiger partial charge in [0.25, 0.3) is 0 Å². The molecule has 2 heterocycles. The molecular weight excluding hydrogens is 660 g/mol. The summed E-state index contributed by atoms with van der Waals surface area (Å²) in [7, 11) is 4.85. The number of nitrogens with zero attached hydrogens (tertiary/aromatic N) is 2. The Morgan fingerprint density at radius 2 is 1.80 bits per heavy atom. The monoisotopic (exact) mass is 710 g/mol. The number of carbonyl (C=O) groups is 4. The van der Waals surface area contributed by atoms with E-state index in [1.165, 1.54) is 6.92 Å². The van der Waals surface area contributed by atoms with Crippen molar-refractivity contribution in [2.45, 2.75) is 94.5 Å². The normalized spacial score (nSPS) is 46.4. The number of imide groups is 1. The number of para-hydroxylation sites is 1. The van der Waals surface area contributed by atoms with E-state index >= 15 is 0 Å². The number of hydrogen-bond donors (Lipinski definition) is 2. The maximum absolute atomic E-state index is 14.1. The van der Waals surface area contributed by atoms with Crippen molar-refractivity contribution in [1.82, 2.24) is 4.90 Å². The van der Waals surface area contributed by atoms with Crippen LogP contribution in [0.2, 0.25) is 0 Å². The molecule has 8 rings (SSSR count). The van der Waals surface area contributed by atoms with Crippen LogP contribution in [0.25, 0.3) is 0 Å². The van der Waals surface area contributed by atoms with E-state index in [9.17, 15) is 29.4 Å². The zero-order valence-electron chi connectivity index (χ0n) is 30.2. The van der Waals surface area contributed by atoms with Crippen molar-refractivity contribution in [2.75, 3.05) is 45.9 Å². The average molecular weight is 711 g/mol. The Labute approximate surface area is 297 Å². The number of likely N-dealkylation sites (tertiary alicyclic amines) is 1. The summed E-state index contributed by atoms with van der Waals surface area (Å²) in [6.45, 7) is 6.10. The van der Waals surface area contributed by atoms with Gasteiger partial charge in [-0.05, 0) is 43.9 Å². The number of fused-ring (bicyclic) bond motifs is 2. The highest BCUT2D eigenvalue weighted by atomic mass is 16.6. The minimum atomic E-state index is -1.82. The largest absolute Gasteiger partial charge is 0.462 e. The van der Waals surface area contributed by atoms with Crippen LogP contribution in [0.5, 0.6) is 0 Å². The van der Waals surface area contributed by atoms with Crippen LogP contribution in [0.1, 0.15) is 63.2 Å². The Hall–Kier alpha value is -2.94. The number of likely N-dealkylation sites (N-methyl/N-ethyl adjacent to an activating group) is 1. The highest BCUT2D eigenvalue weighted by molar-refractivity contribution is 6.22. The van der Waals surface area contributed by atoms with Crippen molar-refractivity contribution in [1.29, 1.82) is 0 Å². The molecule has 1 aromatic rings. The molecule has 0 radical (unpaired) electrons. The number of anilines is 1. The van der Waals surface area contributed by atoms with Crippen LogP contribution in [0.4, 0.5) is 5.69 Å². The van der Waals surface area contributed by atoms with E-state index in [0.717, 1.165) is 4.90 Å². The van der Waals surface area contributed by atoms with Gasteiger partial charge in [0, 0.05) is 82.1 Å². The number of hydrogen-bond acceptors (Lipinski definition) is 12. The summed E-state index contributed by atoms with van der Waals surface area (Å²) in [5.74, 6) is -3.74. The predicted molar refractivity (Wildman–Crippen MR) is 179 cm³/mol. The van der Waals surface area contributed by atoms with Gasteiger partial charge in [-0.3, -0.25) is 19.3 Å². The van der Waals surface area contributed by atoms with Gasteiger partial charge < -0.3 is 33.9 Å². The summed E-state index contributed by atoms with van der Waals surface area (Å²) in [4.78, 5) is 55.9. The minimum Gasteiger partial charge on any atom is -0.462 e. The second kappa shape index (κ2) is 11.8. The van der Waals surface area contributed by atoms with Crippen LogP contribution in [0, 0.1) is 40.4 Å². The van der Waals surface area contributed by atoms with E-state index in [1.54, 1.807) is 52.5 Å². The standard InChI is InChI=1S/C38H50N2O11/c1-7-39-17-35(18-50-33(44)21-10-8-9-11-24(21)40-27(42)14-19(2)32(40)43)13-12-26(48-5)37-23-15-22-25(47-4)16-36(45,28(23)29(22)51-20(3)41)38(46,34(37)39)31(49-6)30(35)37/h8-11,19,22-23,25-26,28-31,34,45-46H,7,12-18H2,1-6H3/t19-,22-,23+,25-,26+,28+,29-,30+,31-,34?,35-,36+,37-,38-/m0/s1. The molecule has 7 aliphatic rings. The van der Waals surface area contributed by atoms with Crippen molar-refractivity contribution in [3.8, 4) is 0 Å². The Morgan fingerprint density at radius 3 is 2.43 bits per heavy atom. The SMILES string of the molecule is CCN1C[C@]2(COC(=O)c3ccccc3N3C(=O)C[C@H](C)C3=O)CC[C@@H](OC)[C@]34C1[C@@](O)([C@@H](OC)[C@H]23)[C@@]1(O)C[C@H](OC)[C@@H]2C[C@@H]4[C@@H]1[C@H]2OC(C)=O. The molecule has 1 aromatic carbocycles. The summed E-state index contributed by atoms with van der Waals surface area (Å²) >= 11 is 0. The minimum absolute atomic E-state index is 0.0201. The van der Waals surface area contributed by atoms with Gasteiger partial charge in [0.2, 0.25) is 11.8 Å². The number of piperidine rings is 1. The molecule has 5 aliphatic carbocycles. The van der Waals surface area contributed by atoms with Crippen LogP contribution < -0.4 is 4.90 Å². The molecule has 13 nitrogen and oxygen atoms in total. The summed E-state index contributed by atoms with van der Waals surface area (Å²) < 4.78 is 31.1. The van der Waals surface area contributed by atoms with E-state index in [1.807, 2.05) is 6.92 Å². The van der Waals surface area contributed by atoms with Crippen molar-refractivity contribution in [2.24, 2.45) is 40.4 Å². The number of carbonyl (C=O) groups excluding carboxylic acids is 4. The van der Waals surface area contributed by atoms with Crippen LogP contribution >= 0.6 is 0 Å². The molecule has 14 atom stereocenters. The average Bonchev–Trinajstić information content (AvgIpc) is 3.61. The molecule has 0 aromatic heterocycles. The quantitative estimate of drug-likeness (QED) is 0.284. The van der Waals surface area contributed by atoms with Crippen molar-refractivity contribution >= 4 is 29.4 Å². The molecule has 5 saturated carbocycles. The summed E-state index contributed by atoms with van der Waals surface area (Å²) in [6.07, 6.45) is -0.303. The lowest BCUT2D eigenvalue weighted by molar-refractivity contribution is -0.319. The third kappa shape index (κ3) is 4.19. The molecule has 1 spiro atoms. The molecular formula is C38H50N2O11. The van der Waals surface area contributed by atoms with Gasteiger partial charge in [0.1, 0.15) is 17.3 Å². The number of ether oxygens (including phenoxy) is 5. The van der Waals surface area contributed by atoms with Gasteiger partial charge in [-0.2, -0.15) is 0 Å². The fourth-order valence-electron chi connectivity index (χ4n) is 13.2. The van der Waals surface area contributed by atoms with E-state index in [-0.39, 0.29) is 60.5 Å². The third-order valence-corrected chi connectivity index (χ3v) is 14.6. The van der Waals surface area contributed by atoms with Crippen LogP contribution in [-0.4, -0.2) is 122 Å². The first-order valence-corrected chi connectivity index (χ1v) is 18.4. The van der Waals surface area contributed by atoms with Gasteiger partial charge in [-0.15, -0.1) is 0 Å². The summed E-state index contributed by atoms with van der Waals surface area (Å²) in [5.41, 5.74) is -4.72. The first-order chi connectivity index (χ1) is 24.3. The molecule has 2 aliphatic heterocycles. The van der Waals surface area contributed by atoms with E-state index < -0.39 is 76.1 Å². The topological polar surface area (TPSA) is 161 Å². The highest BCUT2D eigenvalue weighted by Gasteiger charge is 2.92. The van der Waals surface area contributed by atoms with Gasteiger partial charge in [-0.1, -0.05) is 26.0 Å². The molecule has 7 bridgehead atoms. The maximum atomic E-state index is 14.1. The second-order valence-corrected chi connectivity index (χ2v) is 16.3. The molecule has 13 heteroatoms. The molecule has 2 N–H and O–H groups in total. The molecule has 2 saturated heterocycles. The zero-order chi connectivity index (χ0) is 36.4. The predicted octanol–water partition coefficient (Wildman–Crippen LogP) is 1.95. The highest BCUT2D eigenvalue weighted by Crippen LogP contribution is 2.80. The van der Waals surface area contributed by atoms with Crippen molar-refractivity contribution < 1.29 is 53.1 Å². The Morgan fingerprint density at radius 1 is 1.06 bits per heavy atom. The fraction of sp³-hybridized carbons (Fsp3) is 0.737. The lowest BCUT2D eigenvalue weighted by atomic mass is 9.42. The van der Waals surface area contributed by atoms with E-state index in [0.29, 0.717) is 32.4 Å². The maximum Gasteiger partial charge on any atom is 0.340 e. The lowest BCUT2D eigenvalue weighted by Crippen LogP contribution is -2.82. The zero-order valence-corrected chi connectivity index (χ0v) is 30.2. The fourth-order valence-corrected chi connectivity index (χ4v) is 13.2. The number of methoxy groups -OCH3 is 3. The van der Waals surface area contributed by atoms with Gasteiger partial charge in [0.05, 0.1) is 42.2 Å². The molecule has 7 fully saturated rings. The van der Waals surface area contributed by atoms with Gasteiger partial charge >= 0.3 is 11.9 Å². The number of amides is 2. The Balaban J connectivity index is 1.24. The summed E-state index contributed by atoms with van der Waals surface area (Å²) in [6, 6.07) is 5.95. The Kier molecular flexibility index (Phi) is 8.11. The first-order valence-electron chi connectivity index (χ1n) is 18.4. The molecule has 2 amide bonds. The number of aliphatic hydroxyl groups is 2. The number of benzene rings is 1. The number of rotatable bonds is 9. The molecule has 51 heavy (non-hydrogen) atoms. The first kappa shape index (κ1) is 35.1. The van der Waals surface area contributed by atoms with Crippen LogP contribution in [0.15, 0.2) is 24.3 Å². The molecule has 1 unspecified atom stereocenters. The van der Waals surface area contributed by atoms with E-state index in [2.05, 4.69) is 4.90 Å². The van der Waals surface area contributed by atoms with Gasteiger partial charge in [0.15, 0.2) is 0 Å².